The molecule has 1 aliphatic heterocycles. The largest absolute Gasteiger partial charge is 0.340 e. The van der Waals surface area contributed by atoms with Crippen LogP contribution in [0.3, 0.4) is 0 Å². The van der Waals surface area contributed by atoms with Gasteiger partial charge in [-0.15, -0.1) is 12.4 Å². The first-order valence-electron chi connectivity index (χ1n) is 7.06. The maximum absolute atomic E-state index is 12.8. The van der Waals surface area contributed by atoms with Gasteiger partial charge in [-0.05, 0) is 24.7 Å². The fourth-order valence-electron chi connectivity index (χ4n) is 2.34. The van der Waals surface area contributed by atoms with Gasteiger partial charge in [-0.1, -0.05) is 12.1 Å². The molecule has 1 heterocycles. The molecule has 2 rings (SSSR count). The molecule has 0 bridgehead atoms. The normalized spacial score (nSPS) is 14.9. The SMILES string of the molecule is CN(CCC(=O)N1CCNCC1)Cc1ccc(F)cc1.Cl. The molecule has 1 aromatic rings. The smallest absolute Gasteiger partial charge is 0.223 e. The van der Waals surface area contributed by atoms with Crippen LogP contribution >= 0.6 is 12.4 Å². The third kappa shape index (κ3) is 5.99. The molecule has 118 valence electrons. The standard InChI is InChI=1S/C15H22FN3O.ClH/c1-18(12-13-2-4-14(16)5-3-13)9-6-15(20)19-10-7-17-8-11-19;/h2-5,17H,6-12H2,1H3;1H. The van der Waals surface area contributed by atoms with Crippen LogP contribution in [0.1, 0.15) is 12.0 Å². The van der Waals surface area contributed by atoms with Crippen LogP contribution in [0.2, 0.25) is 0 Å². The van der Waals surface area contributed by atoms with Crippen LogP contribution in [0.4, 0.5) is 4.39 Å². The molecule has 0 radical (unpaired) electrons. The summed E-state index contributed by atoms with van der Waals surface area (Å²) in [4.78, 5) is 16.0. The fraction of sp³-hybridized carbons (Fsp3) is 0.533. The maximum Gasteiger partial charge on any atom is 0.223 e. The van der Waals surface area contributed by atoms with E-state index in [4.69, 9.17) is 0 Å². The lowest BCUT2D eigenvalue weighted by atomic mass is 10.2. The van der Waals surface area contributed by atoms with Crippen LogP contribution in [-0.2, 0) is 11.3 Å². The molecule has 0 atom stereocenters. The number of carbonyl (C=O) groups excluding carboxylic acids is 1. The first kappa shape index (κ1) is 17.9. The summed E-state index contributed by atoms with van der Waals surface area (Å²) in [5.41, 5.74) is 1.06. The van der Waals surface area contributed by atoms with Crippen molar-refractivity contribution in [1.82, 2.24) is 15.1 Å². The van der Waals surface area contributed by atoms with E-state index in [0.29, 0.717) is 6.42 Å². The van der Waals surface area contributed by atoms with E-state index in [2.05, 4.69) is 10.2 Å². The number of hydrogen-bond acceptors (Lipinski definition) is 3. The summed E-state index contributed by atoms with van der Waals surface area (Å²) in [7, 11) is 1.98. The van der Waals surface area contributed by atoms with Gasteiger partial charge in [0.2, 0.25) is 5.91 Å². The van der Waals surface area contributed by atoms with E-state index in [-0.39, 0.29) is 24.1 Å². The van der Waals surface area contributed by atoms with E-state index in [1.54, 1.807) is 12.1 Å². The number of hydrogen-bond donors (Lipinski definition) is 1. The molecule has 0 unspecified atom stereocenters. The number of benzene rings is 1. The summed E-state index contributed by atoms with van der Waals surface area (Å²) in [6.07, 6.45) is 0.539. The van der Waals surface area contributed by atoms with E-state index < -0.39 is 0 Å². The van der Waals surface area contributed by atoms with Crippen molar-refractivity contribution >= 4 is 18.3 Å². The van der Waals surface area contributed by atoms with Gasteiger partial charge in [0.1, 0.15) is 5.82 Å². The quantitative estimate of drug-likeness (QED) is 0.894. The van der Waals surface area contributed by atoms with Crippen LogP contribution < -0.4 is 5.32 Å². The predicted molar refractivity (Wildman–Crippen MR) is 84.0 cm³/mol. The number of rotatable bonds is 5. The highest BCUT2D eigenvalue weighted by atomic mass is 35.5. The molecule has 0 aromatic heterocycles. The van der Waals surface area contributed by atoms with Crippen molar-refractivity contribution in [2.45, 2.75) is 13.0 Å². The Hall–Kier alpha value is -1.17. The Kier molecular flexibility index (Phi) is 7.64. The molecule has 21 heavy (non-hydrogen) atoms. The second kappa shape index (κ2) is 8.97. The monoisotopic (exact) mass is 315 g/mol. The Balaban J connectivity index is 0.00000220. The molecule has 6 heteroatoms. The zero-order chi connectivity index (χ0) is 14.4. The maximum atomic E-state index is 12.8. The molecular weight excluding hydrogens is 293 g/mol. The number of halogens is 2. The van der Waals surface area contributed by atoms with Crippen molar-refractivity contribution in [2.24, 2.45) is 0 Å². The molecule has 1 N–H and O–H groups in total. The summed E-state index contributed by atoms with van der Waals surface area (Å²) in [5.74, 6) is 0.00254. The lowest BCUT2D eigenvalue weighted by Gasteiger charge is -2.28. The highest BCUT2D eigenvalue weighted by molar-refractivity contribution is 5.85. The van der Waals surface area contributed by atoms with Crippen LogP contribution in [-0.4, -0.2) is 55.5 Å². The van der Waals surface area contributed by atoms with Crippen molar-refractivity contribution in [3.8, 4) is 0 Å². The van der Waals surface area contributed by atoms with Crippen LogP contribution in [0.5, 0.6) is 0 Å². The minimum atomic E-state index is -0.217. The Morgan fingerprint density at radius 1 is 1.29 bits per heavy atom. The van der Waals surface area contributed by atoms with E-state index >= 15 is 0 Å². The zero-order valence-corrected chi connectivity index (χ0v) is 13.2. The highest BCUT2D eigenvalue weighted by Gasteiger charge is 2.16. The van der Waals surface area contributed by atoms with Gasteiger partial charge in [0.15, 0.2) is 0 Å². The van der Waals surface area contributed by atoms with E-state index in [0.717, 1.165) is 44.8 Å². The Morgan fingerprint density at radius 3 is 2.52 bits per heavy atom. The number of nitrogens with zero attached hydrogens (tertiary/aromatic N) is 2. The average molecular weight is 316 g/mol. The average Bonchev–Trinajstić information content (AvgIpc) is 2.48. The van der Waals surface area contributed by atoms with Gasteiger partial charge in [-0.2, -0.15) is 0 Å². The van der Waals surface area contributed by atoms with Crippen molar-refractivity contribution in [3.05, 3.63) is 35.6 Å². The number of piperazine rings is 1. The molecular formula is C15H23ClFN3O. The fourth-order valence-corrected chi connectivity index (χ4v) is 2.34. The van der Waals surface area contributed by atoms with Crippen LogP contribution in [0, 0.1) is 5.82 Å². The van der Waals surface area contributed by atoms with Gasteiger partial charge in [-0.25, -0.2) is 4.39 Å². The van der Waals surface area contributed by atoms with Crippen molar-refractivity contribution in [3.63, 3.8) is 0 Å². The van der Waals surface area contributed by atoms with Crippen LogP contribution in [0.25, 0.3) is 0 Å². The molecule has 4 nitrogen and oxygen atoms in total. The first-order valence-corrected chi connectivity index (χ1v) is 7.06. The number of amides is 1. The summed E-state index contributed by atoms with van der Waals surface area (Å²) < 4.78 is 12.8. The van der Waals surface area contributed by atoms with Gasteiger partial charge >= 0.3 is 0 Å². The number of nitrogens with one attached hydrogen (secondary N) is 1. The van der Waals surface area contributed by atoms with Gasteiger partial charge in [0.05, 0.1) is 0 Å². The van der Waals surface area contributed by atoms with Crippen molar-refractivity contribution in [2.75, 3.05) is 39.8 Å². The zero-order valence-electron chi connectivity index (χ0n) is 12.3. The lowest BCUT2D eigenvalue weighted by Crippen LogP contribution is -2.47. The minimum absolute atomic E-state index is 0. The molecule has 0 aliphatic carbocycles. The Labute approximate surface area is 131 Å². The van der Waals surface area contributed by atoms with E-state index in [9.17, 15) is 9.18 Å². The lowest BCUT2D eigenvalue weighted by molar-refractivity contribution is -0.132. The Morgan fingerprint density at radius 2 is 1.90 bits per heavy atom. The summed E-state index contributed by atoms with van der Waals surface area (Å²) in [6, 6.07) is 6.50. The molecule has 1 aromatic carbocycles. The molecule has 0 saturated carbocycles. The summed E-state index contributed by atoms with van der Waals surface area (Å²) in [6.45, 7) is 4.84. The summed E-state index contributed by atoms with van der Waals surface area (Å²) >= 11 is 0. The van der Waals surface area contributed by atoms with Gasteiger partial charge in [0.25, 0.3) is 0 Å². The third-order valence-corrected chi connectivity index (χ3v) is 3.54. The Bertz CT molecular complexity index is 435. The molecule has 0 spiro atoms. The second-order valence-corrected chi connectivity index (χ2v) is 5.25. The molecule has 1 aliphatic rings. The first-order chi connectivity index (χ1) is 9.65. The third-order valence-electron chi connectivity index (χ3n) is 3.54. The van der Waals surface area contributed by atoms with Crippen LogP contribution in [0.15, 0.2) is 24.3 Å². The number of carbonyl (C=O) groups is 1. The van der Waals surface area contributed by atoms with E-state index in [1.165, 1.54) is 12.1 Å². The van der Waals surface area contributed by atoms with E-state index in [1.807, 2.05) is 11.9 Å². The van der Waals surface area contributed by atoms with Crippen molar-refractivity contribution < 1.29 is 9.18 Å². The molecule has 1 amide bonds. The summed E-state index contributed by atoms with van der Waals surface area (Å²) in [5, 5.41) is 3.24. The molecule has 1 fully saturated rings. The van der Waals surface area contributed by atoms with Gasteiger partial charge in [-0.3, -0.25) is 4.79 Å². The predicted octanol–water partition coefficient (Wildman–Crippen LogP) is 1.50. The van der Waals surface area contributed by atoms with Crippen molar-refractivity contribution in [1.29, 1.82) is 0 Å². The van der Waals surface area contributed by atoms with Gasteiger partial charge in [0, 0.05) is 45.7 Å². The second-order valence-electron chi connectivity index (χ2n) is 5.25. The highest BCUT2D eigenvalue weighted by Crippen LogP contribution is 2.06. The van der Waals surface area contributed by atoms with Gasteiger partial charge < -0.3 is 15.1 Å². The minimum Gasteiger partial charge on any atom is -0.340 e. The molecule has 1 saturated heterocycles. The topological polar surface area (TPSA) is 35.6 Å².